The van der Waals surface area contributed by atoms with Crippen LogP contribution in [0.5, 0.6) is 23.0 Å². The summed E-state index contributed by atoms with van der Waals surface area (Å²) in [5.41, 5.74) is -0.629. The Bertz CT molecular complexity index is 1200. The number of phenolic OH excluding ortho intramolecular Hbond substituents is 2. The minimum absolute atomic E-state index is 0.0477. The average Bonchev–Trinajstić information content (AvgIpc) is 2.81. The van der Waals surface area contributed by atoms with E-state index < -0.39 is 54.2 Å². The normalized spacial score (nSPS) is 25.2. The fourth-order valence-electron chi connectivity index (χ4n) is 3.59. The van der Waals surface area contributed by atoms with Gasteiger partial charge in [-0.2, -0.15) is 0 Å². The zero-order valence-corrected chi connectivity index (χ0v) is 17.3. The summed E-state index contributed by atoms with van der Waals surface area (Å²) in [4.78, 5) is 13.4. The van der Waals surface area contributed by atoms with Crippen molar-refractivity contribution in [1.82, 2.24) is 0 Å². The number of phenols is 2. The van der Waals surface area contributed by atoms with Crippen LogP contribution >= 0.6 is 0 Å². The van der Waals surface area contributed by atoms with Gasteiger partial charge in [-0.3, -0.25) is 4.79 Å². The second-order valence-electron chi connectivity index (χ2n) is 7.44. The smallest absolute Gasteiger partial charge is 0.239 e. The van der Waals surface area contributed by atoms with Crippen molar-refractivity contribution in [3.8, 4) is 34.3 Å². The van der Waals surface area contributed by atoms with Crippen LogP contribution in [0.1, 0.15) is 0 Å². The summed E-state index contributed by atoms with van der Waals surface area (Å²) in [5.74, 6) is -0.947. The van der Waals surface area contributed by atoms with E-state index in [0.29, 0.717) is 0 Å². The lowest BCUT2D eigenvalue weighted by Gasteiger charge is -2.39. The van der Waals surface area contributed by atoms with E-state index in [1.54, 1.807) is 0 Å². The molecule has 4 rings (SSSR count). The van der Waals surface area contributed by atoms with Crippen LogP contribution in [0, 0.1) is 0 Å². The van der Waals surface area contributed by atoms with Gasteiger partial charge < -0.3 is 49.3 Å². The Morgan fingerprint density at radius 2 is 1.67 bits per heavy atom. The topological polar surface area (TPSA) is 179 Å². The Morgan fingerprint density at radius 1 is 0.970 bits per heavy atom. The molecule has 0 unspecified atom stereocenters. The van der Waals surface area contributed by atoms with Gasteiger partial charge >= 0.3 is 0 Å². The van der Waals surface area contributed by atoms with Gasteiger partial charge in [0.2, 0.25) is 17.5 Å². The lowest BCUT2D eigenvalue weighted by molar-refractivity contribution is -0.277. The second-order valence-corrected chi connectivity index (χ2v) is 7.44. The molecule has 176 valence electrons. The molecule has 11 nitrogen and oxygen atoms in total. The van der Waals surface area contributed by atoms with E-state index >= 15 is 0 Å². The summed E-state index contributed by atoms with van der Waals surface area (Å²) < 4.78 is 22.1. The predicted octanol–water partition coefficient (Wildman–Crippen LogP) is 0.0585. The van der Waals surface area contributed by atoms with Crippen LogP contribution in [0.2, 0.25) is 0 Å². The molecule has 5 atom stereocenters. The largest absolute Gasteiger partial charge is 0.508 e. The molecule has 0 bridgehead atoms. The van der Waals surface area contributed by atoms with Gasteiger partial charge in [-0.25, -0.2) is 0 Å². The van der Waals surface area contributed by atoms with Crippen LogP contribution in [0.3, 0.4) is 0 Å². The standard InChI is InChI=1S/C22H22O11/c1-30-12-7-6-11(25)14-16(27)21(19(32-20(12)14)9-2-4-10(24)5-3-9)33-22-18(29)17(28)15(26)13(8-23)31-22/h2-7,13,15,17-18,22-26,28-29H,8H2,1H3/t13-,15+,17-,18-,22-/m1/s1. The molecule has 1 aliphatic heterocycles. The molecule has 33 heavy (non-hydrogen) atoms. The third kappa shape index (κ3) is 3.96. The number of aliphatic hydroxyl groups is 4. The molecule has 0 aliphatic carbocycles. The van der Waals surface area contributed by atoms with Gasteiger partial charge in [-0.05, 0) is 36.4 Å². The number of aliphatic hydroxyl groups excluding tert-OH is 4. The molecule has 0 saturated carbocycles. The van der Waals surface area contributed by atoms with Crippen LogP contribution in [0.4, 0.5) is 0 Å². The molecule has 1 saturated heterocycles. The Morgan fingerprint density at radius 3 is 2.30 bits per heavy atom. The fraction of sp³-hybridized carbons (Fsp3) is 0.318. The third-order valence-electron chi connectivity index (χ3n) is 5.38. The molecule has 1 fully saturated rings. The van der Waals surface area contributed by atoms with Crippen molar-refractivity contribution < 1.29 is 49.3 Å². The minimum atomic E-state index is -1.79. The third-order valence-corrected chi connectivity index (χ3v) is 5.38. The Hall–Kier alpha value is -3.35. The molecule has 0 radical (unpaired) electrons. The number of ether oxygens (including phenoxy) is 3. The van der Waals surface area contributed by atoms with Crippen molar-refractivity contribution >= 4 is 11.0 Å². The number of fused-ring (bicyclic) bond motifs is 1. The SMILES string of the molecule is COc1ccc(O)c2c(=O)c(O[C@H]3O[C@H](CO)[C@H](O)[C@@H](O)[C@H]3O)c(-c3ccc(O)cc3)oc12. The van der Waals surface area contributed by atoms with Crippen molar-refractivity contribution in [2.24, 2.45) is 0 Å². The van der Waals surface area contributed by atoms with Crippen LogP contribution in [-0.2, 0) is 4.74 Å². The molecule has 1 aromatic heterocycles. The Labute approximate surface area is 186 Å². The molecular formula is C22H22O11. The van der Waals surface area contributed by atoms with E-state index in [1.165, 1.54) is 43.5 Å². The fourth-order valence-corrected chi connectivity index (χ4v) is 3.59. The number of rotatable bonds is 5. The van der Waals surface area contributed by atoms with Crippen LogP contribution in [0.25, 0.3) is 22.3 Å². The summed E-state index contributed by atoms with van der Waals surface area (Å²) in [7, 11) is 1.35. The minimum Gasteiger partial charge on any atom is -0.508 e. The van der Waals surface area contributed by atoms with Crippen LogP contribution in [-0.4, -0.2) is 75.1 Å². The molecule has 0 spiro atoms. The number of hydrogen-bond acceptors (Lipinski definition) is 11. The van der Waals surface area contributed by atoms with Gasteiger partial charge in [0.15, 0.2) is 17.1 Å². The summed E-state index contributed by atoms with van der Waals surface area (Å²) >= 11 is 0. The van der Waals surface area contributed by atoms with Crippen molar-refractivity contribution in [3.63, 3.8) is 0 Å². The molecule has 11 heteroatoms. The van der Waals surface area contributed by atoms with Crippen LogP contribution < -0.4 is 14.9 Å². The quantitative estimate of drug-likeness (QED) is 0.302. The van der Waals surface area contributed by atoms with E-state index in [4.69, 9.17) is 18.6 Å². The van der Waals surface area contributed by atoms with Gasteiger partial charge in [0.05, 0.1) is 13.7 Å². The highest BCUT2D eigenvalue weighted by atomic mass is 16.7. The van der Waals surface area contributed by atoms with Crippen molar-refractivity contribution in [3.05, 3.63) is 46.6 Å². The predicted molar refractivity (Wildman–Crippen MR) is 112 cm³/mol. The lowest BCUT2D eigenvalue weighted by atomic mass is 9.99. The second kappa shape index (κ2) is 8.89. The van der Waals surface area contributed by atoms with E-state index in [0.717, 1.165) is 0 Å². The summed E-state index contributed by atoms with van der Waals surface area (Å²) in [5, 5.41) is 59.5. The van der Waals surface area contributed by atoms with Gasteiger partial charge in [0, 0.05) is 5.56 Å². The maximum absolute atomic E-state index is 13.4. The molecular weight excluding hydrogens is 440 g/mol. The number of benzene rings is 2. The van der Waals surface area contributed by atoms with E-state index in [2.05, 4.69) is 0 Å². The maximum Gasteiger partial charge on any atom is 0.239 e. The molecule has 1 aliphatic rings. The first kappa shape index (κ1) is 22.8. The lowest BCUT2D eigenvalue weighted by Crippen LogP contribution is -2.60. The highest BCUT2D eigenvalue weighted by Gasteiger charge is 2.45. The monoisotopic (exact) mass is 462 g/mol. The van der Waals surface area contributed by atoms with Gasteiger partial charge in [0.1, 0.15) is 41.3 Å². The Balaban J connectivity index is 1.91. The first-order valence-electron chi connectivity index (χ1n) is 9.90. The summed E-state index contributed by atoms with van der Waals surface area (Å²) in [6, 6.07) is 8.20. The van der Waals surface area contributed by atoms with E-state index in [9.17, 15) is 35.4 Å². The number of methoxy groups -OCH3 is 1. The zero-order chi connectivity index (χ0) is 23.9. The van der Waals surface area contributed by atoms with Gasteiger partial charge in [-0.1, -0.05) is 0 Å². The van der Waals surface area contributed by atoms with Gasteiger partial charge in [-0.15, -0.1) is 0 Å². The van der Waals surface area contributed by atoms with Gasteiger partial charge in [0.25, 0.3) is 0 Å². The van der Waals surface area contributed by atoms with E-state index in [1.807, 2.05) is 0 Å². The molecule has 6 N–H and O–H groups in total. The Kier molecular flexibility index (Phi) is 6.15. The zero-order valence-electron chi connectivity index (χ0n) is 17.3. The van der Waals surface area contributed by atoms with E-state index in [-0.39, 0.29) is 33.8 Å². The maximum atomic E-state index is 13.4. The van der Waals surface area contributed by atoms with Crippen molar-refractivity contribution in [2.75, 3.05) is 13.7 Å². The average molecular weight is 462 g/mol. The van der Waals surface area contributed by atoms with Crippen molar-refractivity contribution in [1.29, 1.82) is 0 Å². The van der Waals surface area contributed by atoms with Crippen LogP contribution in [0.15, 0.2) is 45.6 Å². The highest BCUT2D eigenvalue weighted by Crippen LogP contribution is 2.39. The summed E-state index contributed by atoms with van der Waals surface area (Å²) in [6.07, 6.45) is -8.10. The first-order valence-corrected chi connectivity index (χ1v) is 9.90. The van der Waals surface area contributed by atoms with Crippen molar-refractivity contribution in [2.45, 2.75) is 30.7 Å². The summed E-state index contributed by atoms with van der Waals surface area (Å²) in [6.45, 7) is -0.695. The number of aromatic hydroxyl groups is 2. The number of hydrogen-bond donors (Lipinski definition) is 6. The molecule has 2 aromatic carbocycles. The highest BCUT2D eigenvalue weighted by molar-refractivity contribution is 5.91. The molecule has 2 heterocycles. The molecule has 0 amide bonds. The first-order chi connectivity index (χ1) is 15.8. The molecule has 3 aromatic rings.